The third kappa shape index (κ3) is 3.60. The molecule has 0 aliphatic carbocycles. The summed E-state index contributed by atoms with van der Waals surface area (Å²) in [5.41, 5.74) is 2.61. The lowest BCUT2D eigenvalue weighted by Crippen LogP contribution is -2.26. The second-order valence-electron chi connectivity index (χ2n) is 5.41. The van der Waals surface area contributed by atoms with Crippen LogP contribution in [0.1, 0.15) is 16.2 Å². The Morgan fingerprint density at radius 2 is 2.12 bits per heavy atom. The number of hydrogen-bond donors (Lipinski definition) is 1. The van der Waals surface area contributed by atoms with Crippen LogP contribution >= 0.6 is 0 Å². The van der Waals surface area contributed by atoms with Crippen molar-refractivity contribution in [1.82, 2.24) is 19.9 Å². The molecular formula is C18H20N4O2. The molecule has 1 aromatic carbocycles. The molecule has 0 unspecified atom stereocenters. The number of ether oxygens (including phenoxy) is 1. The first kappa shape index (κ1) is 16.1. The third-order valence-corrected chi connectivity index (χ3v) is 3.81. The molecule has 0 aliphatic rings. The van der Waals surface area contributed by atoms with E-state index in [0.29, 0.717) is 25.1 Å². The summed E-state index contributed by atoms with van der Waals surface area (Å²) in [5.74, 6) is 0.822. The molecule has 3 rings (SSSR count). The Bertz CT molecular complexity index is 814. The minimum absolute atomic E-state index is 0.123. The Hall–Kier alpha value is -2.73. The van der Waals surface area contributed by atoms with Crippen molar-refractivity contribution in [3.63, 3.8) is 0 Å². The maximum Gasteiger partial charge on any atom is 0.252 e. The number of pyridine rings is 1. The molecule has 0 aliphatic heterocycles. The summed E-state index contributed by atoms with van der Waals surface area (Å²) in [4.78, 5) is 20.7. The van der Waals surface area contributed by atoms with Gasteiger partial charge in [-0.3, -0.25) is 9.78 Å². The molecule has 2 aromatic heterocycles. The average molecular weight is 324 g/mol. The Labute approximate surface area is 140 Å². The van der Waals surface area contributed by atoms with Crippen LogP contribution in [0.5, 0.6) is 0 Å². The number of para-hydroxylation sites is 2. The summed E-state index contributed by atoms with van der Waals surface area (Å²) in [5, 5.41) is 2.91. The van der Waals surface area contributed by atoms with Crippen LogP contribution in [-0.4, -0.2) is 40.7 Å². The van der Waals surface area contributed by atoms with Gasteiger partial charge in [-0.2, -0.15) is 0 Å². The average Bonchev–Trinajstić information content (AvgIpc) is 2.98. The van der Waals surface area contributed by atoms with Crippen LogP contribution in [0.15, 0.2) is 48.8 Å². The first-order valence-electron chi connectivity index (χ1n) is 7.91. The molecule has 0 saturated carbocycles. The number of aromatic nitrogens is 3. The van der Waals surface area contributed by atoms with E-state index in [-0.39, 0.29) is 5.91 Å². The van der Waals surface area contributed by atoms with Crippen LogP contribution in [0.3, 0.4) is 0 Å². The Balaban J connectivity index is 1.69. The van der Waals surface area contributed by atoms with E-state index in [9.17, 15) is 4.79 Å². The first-order valence-corrected chi connectivity index (χ1v) is 7.91. The molecule has 2 heterocycles. The van der Waals surface area contributed by atoms with Gasteiger partial charge in [-0.05, 0) is 24.3 Å². The van der Waals surface area contributed by atoms with Crippen molar-refractivity contribution in [2.75, 3.05) is 20.3 Å². The molecule has 0 atom stereocenters. The highest BCUT2D eigenvalue weighted by atomic mass is 16.5. The third-order valence-electron chi connectivity index (χ3n) is 3.81. The van der Waals surface area contributed by atoms with E-state index in [4.69, 9.17) is 4.74 Å². The molecule has 6 nitrogen and oxygen atoms in total. The predicted octanol–water partition coefficient (Wildman–Crippen LogP) is 2.05. The predicted molar refractivity (Wildman–Crippen MR) is 91.9 cm³/mol. The first-order chi connectivity index (χ1) is 11.8. The van der Waals surface area contributed by atoms with Gasteiger partial charge in [0.2, 0.25) is 0 Å². The lowest BCUT2D eigenvalue weighted by atomic mass is 10.2. The zero-order valence-corrected chi connectivity index (χ0v) is 13.6. The van der Waals surface area contributed by atoms with Gasteiger partial charge in [0, 0.05) is 39.0 Å². The van der Waals surface area contributed by atoms with Crippen molar-refractivity contribution in [2.24, 2.45) is 0 Å². The molecule has 0 bridgehead atoms. The van der Waals surface area contributed by atoms with Gasteiger partial charge >= 0.3 is 0 Å². The Kier molecular flexibility index (Phi) is 5.18. The number of fused-ring (bicyclic) bond motifs is 1. The summed E-state index contributed by atoms with van der Waals surface area (Å²) in [6.07, 6.45) is 3.86. The standard InChI is InChI=1S/C18H20N4O2/c1-24-12-11-22-16-7-3-2-6-15(16)21-17(22)8-10-20-18(23)14-5-4-9-19-13-14/h2-7,9,13H,8,10-12H2,1H3,(H,20,23). The Morgan fingerprint density at radius 1 is 1.25 bits per heavy atom. The number of imidazole rings is 1. The van der Waals surface area contributed by atoms with Crippen molar-refractivity contribution in [2.45, 2.75) is 13.0 Å². The highest BCUT2D eigenvalue weighted by Crippen LogP contribution is 2.16. The van der Waals surface area contributed by atoms with Crippen LogP contribution in [0, 0.1) is 0 Å². The summed E-state index contributed by atoms with van der Waals surface area (Å²) < 4.78 is 7.34. The lowest BCUT2D eigenvalue weighted by molar-refractivity contribution is 0.0953. The maximum absolute atomic E-state index is 12.1. The van der Waals surface area contributed by atoms with Gasteiger partial charge in [-0.15, -0.1) is 0 Å². The number of carbonyl (C=O) groups excluding carboxylic acids is 1. The van der Waals surface area contributed by atoms with E-state index in [1.54, 1.807) is 31.6 Å². The number of amides is 1. The van der Waals surface area contributed by atoms with Gasteiger partial charge in [0.25, 0.3) is 5.91 Å². The lowest BCUT2D eigenvalue weighted by Gasteiger charge is -2.09. The van der Waals surface area contributed by atoms with Crippen molar-refractivity contribution in [1.29, 1.82) is 0 Å². The van der Waals surface area contributed by atoms with E-state index in [1.807, 2.05) is 18.2 Å². The van der Waals surface area contributed by atoms with E-state index in [2.05, 4.69) is 25.9 Å². The second kappa shape index (κ2) is 7.70. The fourth-order valence-corrected chi connectivity index (χ4v) is 2.64. The Morgan fingerprint density at radius 3 is 2.92 bits per heavy atom. The molecular weight excluding hydrogens is 304 g/mol. The van der Waals surface area contributed by atoms with Gasteiger partial charge in [0.1, 0.15) is 5.82 Å². The smallest absolute Gasteiger partial charge is 0.252 e. The summed E-state index contributed by atoms with van der Waals surface area (Å²) in [7, 11) is 1.69. The fourth-order valence-electron chi connectivity index (χ4n) is 2.64. The summed E-state index contributed by atoms with van der Waals surface area (Å²) >= 11 is 0. The molecule has 124 valence electrons. The van der Waals surface area contributed by atoms with Crippen LogP contribution in [0.25, 0.3) is 11.0 Å². The van der Waals surface area contributed by atoms with Gasteiger partial charge in [0.05, 0.1) is 23.2 Å². The molecule has 0 saturated heterocycles. The monoisotopic (exact) mass is 324 g/mol. The minimum Gasteiger partial charge on any atom is -0.383 e. The zero-order valence-electron chi connectivity index (χ0n) is 13.6. The molecule has 1 N–H and O–H groups in total. The molecule has 1 amide bonds. The van der Waals surface area contributed by atoms with Crippen LogP contribution in [-0.2, 0) is 17.7 Å². The summed E-state index contributed by atoms with van der Waals surface area (Å²) in [6.45, 7) is 1.88. The highest BCUT2D eigenvalue weighted by molar-refractivity contribution is 5.93. The van der Waals surface area contributed by atoms with Crippen molar-refractivity contribution in [3.05, 3.63) is 60.2 Å². The molecule has 0 radical (unpaired) electrons. The maximum atomic E-state index is 12.1. The number of carbonyl (C=O) groups is 1. The van der Waals surface area contributed by atoms with E-state index in [0.717, 1.165) is 23.4 Å². The normalized spacial score (nSPS) is 10.9. The number of benzene rings is 1. The number of rotatable bonds is 7. The summed E-state index contributed by atoms with van der Waals surface area (Å²) in [6, 6.07) is 11.5. The molecule has 0 spiro atoms. The van der Waals surface area contributed by atoms with E-state index in [1.165, 1.54) is 0 Å². The highest BCUT2D eigenvalue weighted by Gasteiger charge is 2.11. The number of hydrogen-bond acceptors (Lipinski definition) is 4. The number of nitrogens with zero attached hydrogens (tertiary/aromatic N) is 3. The minimum atomic E-state index is -0.123. The van der Waals surface area contributed by atoms with Crippen molar-refractivity contribution >= 4 is 16.9 Å². The topological polar surface area (TPSA) is 69.0 Å². The molecule has 6 heteroatoms. The van der Waals surface area contributed by atoms with Crippen molar-refractivity contribution < 1.29 is 9.53 Å². The fraction of sp³-hybridized carbons (Fsp3) is 0.278. The molecule has 0 fully saturated rings. The van der Waals surface area contributed by atoms with Crippen LogP contribution in [0.2, 0.25) is 0 Å². The number of nitrogens with one attached hydrogen (secondary N) is 1. The van der Waals surface area contributed by atoms with Gasteiger partial charge in [-0.1, -0.05) is 12.1 Å². The largest absolute Gasteiger partial charge is 0.383 e. The molecule has 3 aromatic rings. The van der Waals surface area contributed by atoms with Crippen LogP contribution < -0.4 is 5.32 Å². The van der Waals surface area contributed by atoms with E-state index < -0.39 is 0 Å². The van der Waals surface area contributed by atoms with Crippen LogP contribution in [0.4, 0.5) is 0 Å². The van der Waals surface area contributed by atoms with Crippen molar-refractivity contribution in [3.8, 4) is 0 Å². The second-order valence-corrected chi connectivity index (χ2v) is 5.41. The molecule has 24 heavy (non-hydrogen) atoms. The number of methoxy groups -OCH3 is 1. The SMILES string of the molecule is COCCn1c(CCNC(=O)c2cccnc2)nc2ccccc21. The van der Waals surface area contributed by atoms with Gasteiger partial charge in [0.15, 0.2) is 0 Å². The van der Waals surface area contributed by atoms with Gasteiger partial charge < -0.3 is 14.6 Å². The van der Waals surface area contributed by atoms with Gasteiger partial charge in [-0.25, -0.2) is 4.98 Å². The van der Waals surface area contributed by atoms with E-state index >= 15 is 0 Å². The quantitative estimate of drug-likeness (QED) is 0.722. The zero-order chi connectivity index (χ0) is 16.8.